The number of hydrogen-bond donors (Lipinski definition) is 1. The van der Waals surface area contributed by atoms with Crippen molar-refractivity contribution in [2.24, 2.45) is 0 Å². The first-order chi connectivity index (χ1) is 7.36. The van der Waals surface area contributed by atoms with E-state index in [1.54, 1.807) is 11.3 Å². The molecule has 0 saturated carbocycles. The van der Waals surface area contributed by atoms with Gasteiger partial charge >= 0.3 is 0 Å². The van der Waals surface area contributed by atoms with Gasteiger partial charge in [0.25, 0.3) is 0 Å². The molecule has 0 aromatic carbocycles. The summed E-state index contributed by atoms with van der Waals surface area (Å²) in [6, 6.07) is 0.285. The standard InChI is InChI=1S/C9H9BrN4S/c10-6-5-13-14-7(1-2-11-8(6)14)9-12-3-4-15-9/h3-5,7,11H,1-2H2. The average Bonchev–Trinajstić information content (AvgIpc) is 2.88. The summed E-state index contributed by atoms with van der Waals surface area (Å²) in [5.74, 6) is 1.06. The Balaban J connectivity index is 2.07. The molecule has 0 fully saturated rings. The first-order valence-corrected chi connectivity index (χ1v) is 6.40. The van der Waals surface area contributed by atoms with Gasteiger partial charge in [0.05, 0.1) is 10.7 Å². The molecule has 2 aromatic rings. The minimum absolute atomic E-state index is 0.285. The van der Waals surface area contributed by atoms with E-state index in [9.17, 15) is 0 Å². The Hall–Kier alpha value is -0.880. The fourth-order valence-electron chi connectivity index (χ4n) is 1.82. The maximum absolute atomic E-state index is 4.37. The predicted octanol–water partition coefficient (Wildman–Crippen LogP) is 2.51. The van der Waals surface area contributed by atoms with Crippen LogP contribution in [-0.2, 0) is 0 Å². The summed E-state index contributed by atoms with van der Waals surface area (Å²) in [5.41, 5.74) is 0. The lowest BCUT2D eigenvalue weighted by Gasteiger charge is -2.24. The minimum Gasteiger partial charge on any atom is -0.369 e. The lowest BCUT2D eigenvalue weighted by Crippen LogP contribution is -2.24. The van der Waals surface area contributed by atoms with Crippen LogP contribution in [-0.4, -0.2) is 21.3 Å². The second kappa shape index (κ2) is 3.61. The van der Waals surface area contributed by atoms with Gasteiger partial charge in [-0.25, -0.2) is 9.67 Å². The van der Waals surface area contributed by atoms with Gasteiger partial charge < -0.3 is 5.32 Å². The number of hydrogen-bond acceptors (Lipinski definition) is 4. The van der Waals surface area contributed by atoms with Gasteiger partial charge in [-0.2, -0.15) is 5.10 Å². The molecular formula is C9H9BrN4S. The van der Waals surface area contributed by atoms with E-state index in [2.05, 4.69) is 31.3 Å². The van der Waals surface area contributed by atoms with Crippen LogP contribution in [0.25, 0.3) is 0 Å². The molecule has 1 unspecified atom stereocenters. The van der Waals surface area contributed by atoms with E-state index in [-0.39, 0.29) is 6.04 Å². The fraction of sp³-hybridized carbons (Fsp3) is 0.333. The van der Waals surface area contributed by atoms with Crippen molar-refractivity contribution in [3.63, 3.8) is 0 Å². The molecule has 0 radical (unpaired) electrons. The highest BCUT2D eigenvalue weighted by Crippen LogP contribution is 2.33. The largest absolute Gasteiger partial charge is 0.369 e. The molecule has 0 aliphatic carbocycles. The second-order valence-corrected chi connectivity index (χ2v) is 5.17. The molecule has 2 aromatic heterocycles. The summed E-state index contributed by atoms with van der Waals surface area (Å²) in [4.78, 5) is 4.36. The molecule has 3 heterocycles. The van der Waals surface area contributed by atoms with E-state index in [0.717, 1.165) is 28.3 Å². The molecule has 0 bridgehead atoms. The van der Waals surface area contributed by atoms with Crippen molar-refractivity contribution in [2.45, 2.75) is 12.5 Å². The monoisotopic (exact) mass is 284 g/mol. The Kier molecular flexibility index (Phi) is 2.25. The SMILES string of the molecule is Brc1cnn2c1NCCC2c1nccs1. The van der Waals surface area contributed by atoms with Crippen LogP contribution in [0.1, 0.15) is 17.5 Å². The molecule has 78 valence electrons. The fourth-order valence-corrected chi connectivity index (χ4v) is 2.99. The van der Waals surface area contributed by atoms with Crippen LogP contribution >= 0.6 is 27.3 Å². The maximum atomic E-state index is 4.37. The Morgan fingerprint density at radius 3 is 3.33 bits per heavy atom. The highest BCUT2D eigenvalue weighted by Gasteiger charge is 2.25. The van der Waals surface area contributed by atoms with Gasteiger partial charge in [-0.1, -0.05) is 0 Å². The number of fused-ring (bicyclic) bond motifs is 1. The summed E-state index contributed by atoms with van der Waals surface area (Å²) in [6.45, 7) is 0.967. The van der Waals surface area contributed by atoms with Crippen molar-refractivity contribution in [1.82, 2.24) is 14.8 Å². The van der Waals surface area contributed by atoms with Crippen LogP contribution in [0, 0.1) is 0 Å². The molecule has 1 aliphatic rings. The van der Waals surface area contributed by atoms with E-state index in [4.69, 9.17) is 0 Å². The first-order valence-electron chi connectivity index (χ1n) is 4.72. The van der Waals surface area contributed by atoms with Gasteiger partial charge in [0, 0.05) is 18.1 Å². The minimum atomic E-state index is 0.285. The van der Waals surface area contributed by atoms with E-state index in [1.165, 1.54) is 0 Å². The summed E-state index contributed by atoms with van der Waals surface area (Å²) >= 11 is 5.17. The number of nitrogens with zero attached hydrogens (tertiary/aromatic N) is 3. The molecule has 4 nitrogen and oxygen atoms in total. The Morgan fingerprint density at radius 2 is 2.53 bits per heavy atom. The Morgan fingerprint density at radius 1 is 1.60 bits per heavy atom. The molecule has 3 rings (SSSR count). The number of nitrogens with one attached hydrogen (secondary N) is 1. The zero-order valence-electron chi connectivity index (χ0n) is 7.85. The molecule has 15 heavy (non-hydrogen) atoms. The first kappa shape index (κ1) is 9.35. The summed E-state index contributed by atoms with van der Waals surface area (Å²) in [7, 11) is 0. The summed E-state index contributed by atoms with van der Waals surface area (Å²) in [5, 5.41) is 10.8. The third kappa shape index (κ3) is 1.48. The van der Waals surface area contributed by atoms with Crippen LogP contribution in [0.3, 0.4) is 0 Å². The lowest BCUT2D eigenvalue weighted by atomic mass is 10.2. The van der Waals surface area contributed by atoms with E-state index >= 15 is 0 Å². The third-order valence-electron chi connectivity index (χ3n) is 2.49. The van der Waals surface area contributed by atoms with Crippen molar-refractivity contribution >= 4 is 33.1 Å². The van der Waals surface area contributed by atoms with Crippen LogP contribution in [0.5, 0.6) is 0 Å². The quantitative estimate of drug-likeness (QED) is 0.875. The molecule has 1 N–H and O–H groups in total. The number of thiazole rings is 1. The molecular weight excluding hydrogens is 276 g/mol. The van der Waals surface area contributed by atoms with E-state index in [1.807, 2.05) is 22.5 Å². The highest BCUT2D eigenvalue weighted by molar-refractivity contribution is 9.10. The molecule has 1 atom stereocenters. The second-order valence-electron chi connectivity index (χ2n) is 3.39. The number of rotatable bonds is 1. The van der Waals surface area contributed by atoms with E-state index in [0.29, 0.717) is 0 Å². The maximum Gasteiger partial charge on any atom is 0.139 e. The summed E-state index contributed by atoms with van der Waals surface area (Å²) < 4.78 is 3.02. The third-order valence-corrected chi connectivity index (χ3v) is 3.95. The molecule has 0 spiro atoms. The van der Waals surface area contributed by atoms with Gasteiger partial charge in [-0.05, 0) is 22.4 Å². The van der Waals surface area contributed by atoms with E-state index < -0.39 is 0 Å². The molecule has 0 amide bonds. The number of anilines is 1. The van der Waals surface area contributed by atoms with Gasteiger partial charge in [0.2, 0.25) is 0 Å². The zero-order chi connectivity index (χ0) is 10.3. The normalized spacial score (nSPS) is 19.7. The molecule has 6 heteroatoms. The van der Waals surface area contributed by atoms with Crippen molar-refractivity contribution < 1.29 is 0 Å². The van der Waals surface area contributed by atoms with Gasteiger partial charge in [0.15, 0.2) is 0 Å². The van der Waals surface area contributed by atoms with Crippen molar-refractivity contribution in [3.05, 3.63) is 27.3 Å². The average molecular weight is 285 g/mol. The zero-order valence-corrected chi connectivity index (χ0v) is 10.3. The van der Waals surface area contributed by atoms with Crippen LogP contribution in [0.15, 0.2) is 22.2 Å². The van der Waals surface area contributed by atoms with Crippen LogP contribution in [0.2, 0.25) is 0 Å². The van der Waals surface area contributed by atoms with Crippen LogP contribution < -0.4 is 5.32 Å². The van der Waals surface area contributed by atoms with Crippen molar-refractivity contribution in [1.29, 1.82) is 0 Å². The van der Waals surface area contributed by atoms with Gasteiger partial charge in [-0.15, -0.1) is 11.3 Å². The molecule has 0 saturated heterocycles. The van der Waals surface area contributed by atoms with Crippen molar-refractivity contribution in [2.75, 3.05) is 11.9 Å². The number of aromatic nitrogens is 3. The predicted molar refractivity (Wildman–Crippen MR) is 63.3 cm³/mol. The van der Waals surface area contributed by atoms with Crippen LogP contribution in [0.4, 0.5) is 5.82 Å². The highest BCUT2D eigenvalue weighted by atomic mass is 79.9. The Labute approximate surface area is 99.5 Å². The van der Waals surface area contributed by atoms with Gasteiger partial charge in [-0.3, -0.25) is 0 Å². The Bertz CT molecular complexity index is 464. The van der Waals surface area contributed by atoms with Gasteiger partial charge in [0.1, 0.15) is 16.9 Å². The number of halogens is 1. The smallest absolute Gasteiger partial charge is 0.139 e. The molecule has 1 aliphatic heterocycles. The lowest BCUT2D eigenvalue weighted by molar-refractivity contribution is 0.480. The topological polar surface area (TPSA) is 42.7 Å². The summed E-state index contributed by atoms with van der Waals surface area (Å²) in [6.07, 6.45) is 4.71. The van der Waals surface area contributed by atoms with Crippen molar-refractivity contribution in [3.8, 4) is 0 Å².